The van der Waals surface area contributed by atoms with E-state index in [2.05, 4.69) is 62.2 Å². The summed E-state index contributed by atoms with van der Waals surface area (Å²) in [5.74, 6) is 1.93. The van der Waals surface area contributed by atoms with E-state index in [1.807, 2.05) is 42.4 Å². The number of nitrogens with zero attached hydrogens (tertiary/aromatic N) is 4. The van der Waals surface area contributed by atoms with Crippen molar-refractivity contribution >= 4 is 29.3 Å². The van der Waals surface area contributed by atoms with E-state index in [0.717, 1.165) is 49.4 Å². The zero-order chi connectivity index (χ0) is 19.9. The highest BCUT2D eigenvalue weighted by Crippen LogP contribution is 2.36. The molecule has 1 unspecified atom stereocenters. The molecule has 0 amide bonds. The van der Waals surface area contributed by atoms with Gasteiger partial charge in [0.2, 0.25) is 5.95 Å². The molecule has 1 fully saturated rings. The van der Waals surface area contributed by atoms with E-state index in [4.69, 9.17) is 11.6 Å². The van der Waals surface area contributed by atoms with E-state index in [1.165, 1.54) is 11.1 Å². The van der Waals surface area contributed by atoms with Gasteiger partial charge in [0, 0.05) is 55.9 Å². The van der Waals surface area contributed by atoms with E-state index >= 15 is 0 Å². The summed E-state index contributed by atoms with van der Waals surface area (Å²) >= 11 is 8.10. The topological polar surface area (TPSA) is 32.3 Å². The number of piperazine rings is 1. The molecule has 1 aliphatic rings. The van der Waals surface area contributed by atoms with Gasteiger partial charge in [0.15, 0.2) is 0 Å². The average molecular weight is 425 g/mol. The Bertz CT molecular complexity index is 868. The molecule has 0 radical (unpaired) electrons. The van der Waals surface area contributed by atoms with Crippen molar-refractivity contribution in [3.05, 3.63) is 89.2 Å². The number of rotatable bonds is 7. The van der Waals surface area contributed by atoms with E-state index in [-0.39, 0.29) is 0 Å². The SMILES string of the molecule is Clc1ccc(C(SCCN2CCN(c3ncccn3)CC2)c2ccccc2)cc1. The largest absolute Gasteiger partial charge is 0.338 e. The van der Waals surface area contributed by atoms with Gasteiger partial charge in [-0.25, -0.2) is 9.97 Å². The first kappa shape index (κ1) is 20.2. The summed E-state index contributed by atoms with van der Waals surface area (Å²) in [5.41, 5.74) is 2.64. The first-order chi connectivity index (χ1) is 14.3. The van der Waals surface area contributed by atoms with Crippen LogP contribution in [0.2, 0.25) is 5.02 Å². The average Bonchev–Trinajstić information content (AvgIpc) is 2.79. The van der Waals surface area contributed by atoms with Crippen molar-refractivity contribution < 1.29 is 0 Å². The van der Waals surface area contributed by atoms with E-state index in [1.54, 1.807) is 0 Å². The Kier molecular flexibility index (Phi) is 7.04. The van der Waals surface area contributed by atoms with Crippen molar-refractivity contribution in [3.63, 3.8) is 0 Å². The zero-order valence-electron chi connectivity index (χ0n) is 16.3. The highest BCUT2D eigenvalue weighted by molar-refractivity contribution is 7.99. The van der Waals surface area contributed by atoms with Crippen LogP contribution in [-0.4, -0.2) is 53.3 Å². The smallest absolute Gasteiger partial charge is 0.225 e. The molecule has 1 aliphatic heterocycles. The van der Waals surface area contributed by atoms with Crippen LogP contribution in [0.15, 0.2) is 73.1 Å². The normalized spacial score (nSPS) is 16.0. The predicted octanol–water partition coefficient (Wildman–Crippen LogP) is 4.77. The fourth-order valence-corrected chi connectivity index (χ4v) is 5.00. The maximum Gasteiger partial charge on any atom is 0.225 e. The van der Waals surface area contributed by atoms with Gasteiger partial charge in [-0.2, -0.15) is 0 Å². The minimum atomic E-state index is 0.326. The lowest BCUT2D eigenvalue weighted by atomic mass is 10.0. The van der Waals surface area contributed by atoms with Crippen LogP contribution in [-0.2, 0) is 0 Å². The summed E-state index contributed by atoms with van der Waals surface area (Å²) in [6, 6.07) is 20.8. The number of thioether (sulfide) groups is 1. The lowest BCUT2D eigenvalue weighted by molar-refractivity contribution is 0.272. The molecule has 0 spiro atoms. The van der Waals surface area contributed by atoms with Gasteiger partial charge in [-0.1, -0.05) is 54.1 Å². The molecule has 0 N–H and O–H groups in total. The first-order valence-electron chi connectivity index (χ1n) is 9.96. The standard InChI is InChI=1S/C23H25ClN4S/c24-21-9-7-20(8-10-21)22(19-5-2-1-3-6-19)29-18-17-27-13-15-28(16-14-27)23-25-11-4-12-26-23/h1-12,22H,13-18H2. The fraction of sp³-hybridized carbons (Fsp3) is 0.304. The highest BCUT2D eigenvalue weighted by Gasteiger charge is 2.20. The molecule has 29 heavy (non-hydrogen) atoms. The van der Waals surface area contributed by atoms with Crippen LogP contribution >= 0.6 is 23.4 Å². The van der Waals surface area contributed by atoms with Crippen LogP contribution in [0.1, 0.15) is 16.4 Å². The van der Waals surface area contributed by atoms with Crippen molar-refractivity contribution in [2.45, 2.75) is 5.25 Å². The number of halogens is 1. The van der Waals surface area contributed by atoms with Crippen LogP contribution in [0.5, 0.6) is 0 Å². The molecule has 1 aromatic heterocycles. The Morgan fingerprint density at radius 3 is 2.17 bits per heavy atom. The number of hydrogen-bond acceptors (Lipinski definition) is 5. The molecule has 0 aliphatic carbocycles. The molecule has 1 atom stereocenters. The Morgan fingerprint density at radius 1 is 0.828 bits per heavy atom. The van der Waals surface area contributed by atoms with Crippen LogP contribution < -0.4 is 4.90 Å². The third kappa shape index (κ3) is 5.50. The molecule has 0 saturated carbocycles. The number of hydrogen-bond donors (Lipinski definition) is 0. The summed E-state index contributed by atoms with van der Waals surface area (Å²) in [6.45, 7) is 5.15. The van der Waals surface area contributed by atoms with E-state index in [0.29, 0.717) is 5.25 Å². The van der Waals surface area contributed by atoms with Crippen molar-refractivity contribution in [2.75, 3.05) is 43.4 Å². The predicted molar refractivity (Wildman–Crippen MR) is 123 cm³/mol. The van der Waals surface area contributed by atoms with Gasteiger partial charge in [-0.05, 0) is 29.3 Å². The molecule has 2 aromatic carbocycles. The highest BCUT2D eigenvalue weighted by atomic mass is 35.5. The molecular weight excluding hydrogens is 400 g/mol. The van der Waals surface area contributed by atoms with Gasteiger partial charge < -0.3 is 4.90 Å². The summed E-state index contributed by atoms with van der Waals surface area (Å²) in [4.78, 5) is 13.5. The molecule has 2 heterocycles. The van der Waals surface area contributed by atoms with Gasteiger partial charge >= 0.3 is 0 Å². The van der Waals surface area contributed by atoms with Crippen molar-refractivity contribution in [1.29, 1.82) is 0 Å². The Labute approximate surface area is 181 Å². The lowest BCUT2D eigenvalue weighted by Gasteiger charge is -2.34. The molecule has 6 heteroatoms. The van der Waals surface area contributed by atoms with Gasteiger partial charge in [-0.3, -0.25) is 4.90 Å². The molecule has 0 bridgehead atoms. The van der Waals surface area contributed by atoms with Gasteiger partial charge in [0.25, 0.3) is 0 Å². The molecule has 4 nitrogen and oxygen atoms in total. The Hall–Kier alpha value is -2.08. The fourth-order valence-electron chi connectivity index (χ4n) is 3.58. The van der Waals surface area contributed by atoms with E-state index < -0.39 is 0 Å². The molecule has 150 valence electrons. The maximum atomic E-state index is 6.10. The minimum Gasteiger partial charge on any atom is -0.338 e. The van der Waals surface area contributed by atoms with Gasteiger partial charge in [0.1, 0.15) is 0 Å². The third-order valence-electron chi connectivity index (χ3n) is 5.17. The first-order valence-corrected chi connectivity index (χ1v) is 11.4. The van der Waals surface area contributed by atoms with Crippen molar-refractivity contribution in [1.82, 2.24) is 14.9 Å². The summed E-state index contributed by atoms with van der Waals surface area (Å²) in [7, 11) is 0. The monoisotopic (exact) mass is 424 g/mol. The second-order valence-corrected chi connectivity index (χ2v) is 8.74. The van der Waals surface area contributed by atoms with Gasteiger partial charge in [-0.15, -0.1) is 11.8 Å². The molecule has 3 aromatic rings. The van der Waals surface area contributed by atoms with Crippen LogP contribution in [0, 0.1) is 0 Å². The molecular formula is C23H25ClN4S. The second-order valence-electron chi connectivity index (χ2n) is 7.09. The van der Waals surface area contributed by atoms with Gasteiger partial charge in [0.05, 0.1) is 5.25 Å². The molecule has 1 saturated heterocycles. The lowest BCUT2D eigenvalue weighted by Crippen LogP contribution is -2.47. The van der Waals surface area contributed by atoms with Crippen LogP contribution in [0.25, 0.3) is 0 Å². The summed E-state index contributed by atoms with van der Waals surface area (Å²) < 4.78 is 0. The third-order valence-corrected chi connectivity index (χ3v) is 6.72. The Balaban J connectivity index is 1.32. The summed E-state index contributed by atoms with van der Waals surface area (Å²) in [6.07, 6.45) is 3.62. The molecule has 4 rings (SSSR count). The van der Waals surface area contributed by atoms with Crippen LogP contribution in [0.4, 0.5) is 5.95 Å². The van der Waals surface area contributed by atoms with Crippen molar-refractivity contribution in [3.8, 4) is 0 Å². The Morgan fingerprint density at radius 2 is 1.48 bits per heavy atom. The number of anilines is 1. The van der Waals surface area contributed by atoms with E-state index in [9.17, 15) is 0 Å². The summed E-state index contributed by atoms with van der Waals surface area (Å²) in [5, 5.41) is 1.11. The quantitative estimate of drug-likeness (QED) is 0.545. The van der Waals surface area contributed by atoms with Crippen molar-refractivity contribution in [2.24, 2.45) is 0 Å². The number of aromatic nitrogens is 2. The maximum absolute atomic E-state index is 6.10. The minimum absolute atomic E-state index is 0.326. The number of benzene rings is 2. The zero-order valence-corrected chi connectivity index (χ0v) is 17.9. The second kappa shape index (κ2) is 10.1. The van der Waals surface area contributed by atoms with Crippen LogP contribution in [0.3, 0.4) is 0 Å².